The van der Waals surface area contributed by atoms with E-state index in [2.05, 4.69) is 10.4 Å². The molecule has 8 heteroatoms. The lowest BCUT2D eigenvalue weighted by atomic mass is 10.2. The number of hydrogen-bond donors (Lipinski definition) is 1. The van der Waals surface area contributed by atoms with Gasteiger partial charge >= 0.3 is 0 Å². The smallest absolute Gasteiger partial charge is 0.258 e. The molecule has 0 aliphatic heterocycles. The van der Waals surface area contributed by atoms with Crippen molar-refractivity contribution < 1.29 is 9.18 Å². The van der Waals surface area contributed by atoms with Crippen molar-refractivity contribution in [1.82, 2.24) is 9.78 Å². The van der Waals surface area contributed by atoms with Crippen LogP contribution in [0.15, 0.2) is 48.7 Å². The molecule has 1 amide bonds. The minimum absolute atomic E-state index is 0.0302. The van der Waals surface area contributed by atoms with Crippen molar-refractivity contribution in [2.45, 2.75) is 0 Å². The molecule has 0 aliphatic rings. The van der Waals surface area contributed by atoms with Crippen molar-refractivity contribution >= 4 is 46.5 Å². The van der Waals surface area contributed by atoms with Gasteiger partial charge in [0.25, 0.3) is 5.91 Å². The zero-order valence-corrected chi connectivity index (χ0v) is 14.2. The zero-order valence-electron chi connectivity index (χ0n) is 11.9. The molecular weight excluding hydrogens is 376 g/mol. The molecule has 0 bridgehead atoms. The number of amides is 1. The van der Waals surface area contributed by atoms with Crippen LogP contribution >= 0.6 is 34.8 Å². The Kier molecular flexibility index (Phi) is 4.76. The van der Waals surface area contributed by atoms with Crippen LogP contribution < -0.4 is 5.32 Å². The number of carbonyl (C=O) groups excluding carboxylic acids is 1. The van der Waals surface area contributed by atoms with Gasteiger partial charge in [0.1, 0.15) is 11.6 Å². The molecule has 0 atom stereocenters. The molecule has 24 heavy (non-hydrogen) atoms. The van der Waals surface area contributed by atoms with Gasteiger partial charge in [0.05, 0.1) is 27.5 Å². The van der Waals surface area contributed by atoms with Crippen LogP contribution in [0, 0.1) is 5.82 Å². The first-order chi connectivity index (χ1) is 11.5. The van der Waals surface area contributed by atoms with Crippen LogP contribution in [0.4, 0.5) is 10.2 Å². The first-order valence-corrected chi connectivity index (χ1v) is 7.85. The summed E-state index contributed by atoms with van der Waals surface area (Å²) in [6.45, 7) is 0. The molecule has 1 heterocycles. The van der Waals surface area contributed by atoms with Crippen LogP contribution in [0.5, 0.6) is 0 Å². The second-order valence-corrected chi connectivity index (χ2v) is 6.06. The molecular formula is C16H9Cl3FN3O. The minimum atomic E-state index is -0.727. The maximum absolute atomic E-state index is 13.6. The molecule has 0 spiro atoms. The molecule has 4 nitrogen and oxygen atoms in total. The van der Waals surface area contributed by atoms with Crippen molar-refractivity contribution in [2.75, 3.05) is 5.32 Å². The van der Waals surface area contributed by atoms with E-state index in [4.69, 9.17) is 34.8 Å². The molecule has 122 valence electrons. The Balaban J connectivity index is 1.92. The van der Waals surface area contributed by atoms with Crippen LogP contribution in [0.3, 0.4) is 0 Å². The molecule has 1 N–H and O–H groups in total. The lowest BCUT2D eigenvalue weighted by molar-refractivity contribution is 0.102. The number of nitrogens with zero attached hydrogens (tertiary/aromatic N) is 2. The fourth-order valence-corrected chi connectivity index (χ4v) is 2.75. The van der Waals surface area contributed by atoms with Crippen LogP contribution in [-0.4, -0.2) is 15.7 Å². The van der Waals surface area contributed by atoms with E-state index in [0.717, 1.165) is 6.07 Å². The largest absolute Gasteiger partial charge is 0.306 e. The van der Waals surface area contributed by atoms with Crippen molar-refractivity contribution in [3.8, 4) is 5.69 Å². The van der Waals surface area contributed by atoms with Crippen molar-refractivity contribution in [2.24, 2.45) is 0 Å². The molecule has 3 aromatic rings. The van der Waals surface area contributed by atoms with E-state index in [1.807, 2.05) is 0 Å². The van der Waals surface area contributed by atoms with E-state index in [9.17, 15) is 9.18 Å². The summed E-state index contributed by atoms with van der Waals surface area (Å²) in [7, 11) is 0. The van der Waals surface area contributed by atoms with E-state index in [0.29, 0.717) is 16.5 Å². The summed E-state index contributed by atoms with van der Waals surface area (Å²) in [5, 5.41) is 7.21. The predicted octanol–water partition coefficient (Wildman–Crippen LogP) is 5.22. The minimum Gasteiger partial charge on any atom is -0.306 e. The molecule has 0 aliphatic carbocycles. The van der Waals surface area contributed by atoms with Gasteiger partial charge in [-0.05, 0) is 30.3 Å². The highest BCUT2D eigenvalue weighted by Gasteiger charge is 2.16. The molecule has 1 aromatic heterocycles. The number of nitrogens with one attached hydrogen (secondary N) is 1. The van der Waals surface area contributed by atoms with Crippen LogP contribution in [0.25, 0.3) is 5.69 Å². The Hall–Kier alpha value is -2.08. The molecule has 0 saturated heterocycles. The Morgan fingerprint density at radius 1 is 1.08 bits per heavy atom. The second-order valence-electron chi connectivity index (χ2n) is 4.81. The van der Waals surface area contributed by atoms with Gasteiger partial charge in [-0.3, -0.25) is 4.79 Å². The quantitative estimate of drug-likeness (QED) is 0.629. The Morgan fingerprint density at radius 2 is 1.88 bits per heavy atom. The number of halogens is 4. The summed E-state index contributed by atoms with van der Waals surface area (Å²) < 4.78 is 15.1. The topological polar surface area (TPSA) is 46.9 Å². The van der Waals surface area contributed by atoms with Crippen LogP contribution in [0.2, 0.25) is 15.1 Å². The number of aromatic nitrogens is 2. The molecule has 3 rings (SSSR count). The van der Waals surface area contributed by atoms with E-state index < -0.39 is 11.7 Å². The number of anilines is 1. The Bertz CT molecular complexity index is 927. The number of rotatable bonds is 3. The summed E-state index contributed by atoms with van der Waals surface area (Å²) in [6.07, 6.45) is 1.51. The van der Waals surface area contributed by atoms with E-state index in [1.54, 1.807) is 30.3 Å². The Labute approximate surface area is 151 Å². The summed E-state index contributed by atoms with van der Waals surface area (Å²) in [5.41, 5.74) is 0.633. The van der Waals surface area contributed by atoms with Gasteiger partial charge in [-0.1, -0.05) is 40.9 Å². The number of carbonyl (C=O) groups is 1. The first-order valence-electron chi connectivity index (χ1n) is 6.71. The SMILES string of the molecule is O=C(Nc1ccnn1-c1cccc(Cl)c1)c1cc(F)c(Cl)cc1Cl. The molecule has 0 radical (unpaired) electrons. The highest BCUT2D eigenvalue weighted by atomic mass is 35.5. The number of benzene rings is 2. The van der Waals surface area contributed by atoms with Gasteiger partial charge in [-0.25, -0.2) is 9.07 Å². The zero-order chi connectivity index (χ0) is 17.3. The summed E-state index contributed by atoms with van der Waals surface area (Å²) in [4.78, 5) is 12.4. The maximum Gasteiger partial charge on any atom is 0.258 e. The van der Waals surface area contributed by atoms with Gasteiger partial charge in [0.2, 0.25) is 0 Å². The summed E-state index contributed by atoms with van der Waals surface area (Å²) in [5.74, 6) is -0.928. The average Bonchev–Trinajstić information content (AvgIpc) is 2.99. The van der Waals surface area contributed by atoms with Crippen molar-refractivity contribution in [1.29, 1.82) is 0 Å². The number of hydrogen-bond acceptors (Lipinski definition) is 2. The van der Waals surface area contributed by atoms with Gasteiger partial charge < -0.3 is 5.32 Å². The van der Waals surface area contributed by atoms with Gasteiger partial charge in [0.15, 0.2) is 0 Å². The normalized spacial score (nSPS) is 10.7. The van der Waals surface area contributed by atoms with Gasteiger partial charge in [0, 0.05) is 11.1 Å². The van der Waals surface area contributed by atoms with E-state index in [1.165, 1.54) is 16.9 Å². The van der Waals surface area contributed by atoms with Crippen LogP contribution in [0.1, 0.15) is 10.4 Å². The highest BCUT2D eigenvalue weighted by Crippen LogP contribution is 2.25. The monoisotopic (exact) mass is 383 g/mol. The second kappa shape index (κ2) is 6.81. The third-order valence-electron chi connectivity index (χ3n) is 3.19. The Morgan fingerprint density at radius 3 is 2.62 bits per heavy atom. The van der Waals surface area contributed by atoms with Crippen molar-refractivity contribution in [3.63, 3.8) is 0 Å². The predicted molar refractivity (Wildman–Crippen MR) is 92.9 cm³/mol. The molecule has 0 fully saturated rings. The lowest BCUT2D eigenvalue weighted by Gasteiger charge is -2.10. The first kappa shape index (κ1) is 16.8. The third-order valence-corrected chi connectivity index (χ3v) is 4.03. The third kappa shape index (κ3) is 3.38. The summed E-state index contributed by atoms with van der Waals surface area (Å²) >= 11 is 17.6. The van der Waals surface area contributed by atoms with E-state index in [-0.39, 0.29) is 15.6 Å². The summed E-state index contributed by atoms with van der Waals surface area (Å²) in [6, 6.07) is 10.7. The van der Waals surface area contributed by atoms with E-state index >= 15 is 0 Å². The maximum atomic E-state index is 13.6. The fraction of sp³-hybridized carbons (Fsp3) is 0. The lowest BCUT2D eigenvalue weighted by Crippen LogP contribution is -2.16. The van der Waals surface area contributed by atoms with Crippen molar-refractivity contribution in [3.05, 3.63) is 75.1 Å². The highest BCUT2D eigenvalue weighted by molar-refractivity contribution is 6.37. The van der Waals surface area contributed by atoms with Crippen LogP contribution in [-0.2, 0) is 0 Å². The molecule has 2 aromatic carbocycles. The van der Waals surface area contributed by atoms with Gasteiger partial charge in [-0.2, -0.15) is 5.10 Å². The standard InChI is InChI=1S/C16H9Cl3FN3O/c17-9-2-1-3-10(6-9)23-15(4-5-21-23)22-16(24)11-7-14(20)13(19)8-12(11)18/h1-8H,(H,22,24). The molecule has 0 saturated carbocycles. The fourth-order valence-electron chi connectivity index (χ4n) is 2.09. The average molecular weight is 385 g/mol. The molecule has 0 unspecified atom stereocenters. The van der Waals surface area contributed by atoms with Gasteiger partial charge in [-0.15, -0.1) is 0 Å².